The van der Waals surface area contributed by atoms with Crippen LogP contribution in [0, 0.1) is 0 Å². The standard InChI is InChI=1S/C18H24N4O3S/c1-22(15-8-11-26(23,24)13-15)18-20-10-7-17(21-18)19-9-6-14-4-3-5-16(12-14)25-2/h3-5,7,10,12,15H,6,8-9,11,13H2,1-2H3,(H,19,20,21). The van der Waals surface area contributed by atoms with Gasteiger partial charge in [0.25, 0.3) is 0 Å². The van der Waals surface area contributed by atoms with Crippen LogP contribution in [0.3, 0.4) is 0 Å². The molecule has 0 spiro atoms. The Hall–Kier alpha value is -2.35. The van der Waals surface area contributed by atoms with Gasteiger partial charge >= 0.3 is 0 Å². The number of nitrogens with one attached hydrogen (secondary N) is 1. The minimum atomic E-state index is -2.93. The predicted molar refractivity (Wildman–Crippen MR) is 103 cm³/mol. The second-order valence-corrected chi connectivity index (χ2v) is 8.67. The van der Waals surface area contributed by atoms with E-state index in [4.69, 9.17) is 4.74 Å². The number of methoxy groups -OCH3 is 1. The van der Waals surface area contributed by atoms with Crippen LogP contribution in [0.5, 0.6) is 5.75 Å². The molecular weight excluding hydrogens is 352 g/mol. The first-order valence-corrected chi connectivity index (χ1v) is 10.4. The lowest BCUT2D eigenvalue weighted by atomic mass is 10.1. The number of nitrogens with zero attached hydrogens (tertiary/aromatic N) is 3. The van der Waals surface area contributed by atoms with Gasteiger partial charge in [-0.3, -0.25) is 0 Å². The zero-order chi connectivity index (χ0) is 18.6. The number of ether oxygens (including phenoxy) is 1. The van der Waals surface area contributed by atoms with Crippen LogP contribution in [0.4, 0.5) is 11.8 Å². The molecule has 140 valence electrons. The molecule has 0 amide bonds. The Morgan fingerprint density at radius 1 is 1.35 bits per heavy atom. The number of hydrogen-bond acceptors (Lipinski definition) is 7. The number of rotatable bonds is 7. The molecule has 1 saturated heterocycles. The molecule has 0 saturated carbocycles. The summed E-state index contributed by atoms with van der Waals surface area (Å²) in [6, 6.07) is 9.72. The summed E-state index contributed by atoms with van der Waals surface area (Å²) in [5, 5.41) is 3.30. The number of hydrogen-bond donors (Lipinski definition) is 1. The van der Waals surface area contributed by atoms with Crippen molar-refractivity contribution in [3.05, 3.63) is 42.1 Å². The summed E-state index contributed by atoms with van der Waals surface area (Å²) in [5.41, 5.74) is 1.18. The van der Waals surface area contributed by atoms with Gasteiger partial charge in [0.2, 0.25) is 5.95 Å². The third-order valence-electron chi connectivity index (χ3n) is 4.57. The van der Waals surface area contributed by atoms with Crippen molar-refractivity contribution < 1.29 is 13.2 Å². The monoisotopic (exact) mass is 376 g/mol. The Bertz CT molecular complexity index is 857. The molecule has 1 aliphatic heterocycles. The predicted octanol–water partition coefficient (Wildman–Crippen LogP) is 1.76. The normalized spacial score (nSPS) is 18.5. The zero-order valence-corrected chi connectivity index (χ0v) is 15.9. The first kappa shape index (κ1) is 18.4. The molecule has 0 bridgehead atoms. The van der Waals surface area contributed by atoms with Crippen molar-refractivity contribution in [2.45, 2.75) is 18.9 Å². The molecule has 1 unspecified atom stereocenters. The molecule has 26 heavy (non-hydrogen) atoms. The van der Waals surface area contributed by atoms with E-state index in [-0.39, 0.29) is 17.5 Å². The SMILES string of the molecule is COc1cccc(CCNc2ccnc(N(C)C3CCS(=O)(=O)C3)n2)c1. The Kier molecular flexibility index (Phi) is 5.61. The molecule has 0 aliphatic carbocycles. The summed E-state index contributed by atoms with van der Waals surface area (Å²) in [6.45, 7) is 0.727. The van der Waals surface area contributed by atoms with Crippen LogP contribution in [-0.2, 0) is 16.3 Å². The molecule has 1 N–H and O–H groups in total. The average Bonchev–Trinajstić information content (AvgIpc) is 3.01. The fraction of sp³-hybridized carbons (Fsp3) is 0.444. The van der Waals surface area contributed by atoms with Gasteiger partial charge in [0.1, 0.15) is 11.6 Å². The van der Waals surface area contributed by atoms with Gasteiger partial charge in [-0.05, 0) is 36.6 Å². The summed E-state index contributed by atoms with van der Waals surface area (Å²) in [5.74, 6) is 2.52. The quantitative estimate of drug-likeness (QED) is 0.788. The molecule has 0 radical (unpaired) electrons. The summed E-state index contributed by atoms with van der Waals surface area (Å²) in [6.07, 6.45) is 3.15. The molecule has 1 atom stereocenters. The van der Waals surface area contributed by atoms with E-state index in [1.807, 2.05) is 36.2 Å². The Morgan fingerprint density at radius 3 is 2.92 bits per heavy atom. The van der Waals surface area contributed by atoms with Gasteiger partial charge in [-0.1, -0.05) is 12.1 Å². The van der Waals surface area contributed by atoms with Crippen molar-refractivity contribution in [1.29, 1.82) is 0 Å². The maximum Gasteiger partial charge on any atom is 0.227 e. The van der Waals surface area contributed by atoms with E-state index in [9.17, 15) is 8.42 Å². The minimum Gasteiger partial charge on any atom is -0.497 e. The first-order valence-electron chi connectivity index (χ1n) is 8.60. The molecule has 7 nitrogen and oxygen atoms in total. The van der Waals surface area contributed by atoms with Gasteiger partial charge in [-0.25, -0.2) is 13.4 Å². The second kappa shape index (κ2) is 7.90. The molecular formula is C18H24N4O3S. The van der Waals surface area contributed by atoms with Crippen molar-refractivity contribution in [2.75, 3.05) is 42.4 Å². The summed E-state index contributed by atoms with van der Waals surface area (Å²) in [7, 11) is 0.574. The van der Waals surface area contributed by atoms with Crippen LogP contribution in [0.2, 0.25) is 0 Å². The number of sulfone groups is 1. The average molecular weight is 376 g/mol. The van der Waals surface area contributed by atoms with Crippen LogP contribution in [0.25, 0.3) is 0 Å². The topological polar surface area (TPSA) is 84.4 Å². The highest BCUT2D eigenvalue weighted by Gasteiger charge is 2.31. The van der Waals surface area contributed by atoms with Crippen molar-refractivity contribution in [3.63, 3.8) is 0 Å². The summed E-state index contributed by atoms with van der Waals surface area (Å²) < 4.78 is 28.6. The maximum atomic E-state index is 11.7. The molecule has 1 aliphatic rings. The van der Waals surface area contributed by atoms with Crippen LogP contribution < -0.4 is 15.0 Å². The van der Waals surface area contributed by atoms with E-state index in [1.165, 1.54) is 5.56 Å². The molecule has 8 heteroatoms. The van der Waals surface area contributed by atoms with Gasteiger partial charge < -0.3 is 15.0 Å². The van der Waals surface area contributed by atoms with Gasteiger partial charge in [0, 0.05) is 25.8 Å². The van der Waals surface area contributed by atoms with Gasteiger partial charge in [-0.2, -0.15) is 4.98 Å². The van der Waals surface area contributed by atoms with Crippen molar-refractivity contribution >= 4 is 21.6 Å². The first-order chi connectivity index (χ1) is 12.5. The van der Waals surface area contributed by atoms with Crippen molar-refractivity contribution in [1.82, 2.24) is 9.97 Å². The van der Waals surface area contributed by atoms with Crippen LogP contribution in [0.15, 0.2) is 36.5 Å². The summed E-state index contributed by atoms with van der Waals surface area (Å²) in [4.78, 5) is 10.7. The van der Waals surface area contributed by atoms with Crippen molar-refractivity contribution in [2.24, 2.45) is 0 Å². The summed E-state index contributed by atoms with van der Waals surface area (Å²) >= 11 is 0. The molecule has 1 aromatic carbocycles. The lowest BCUT2D eigenvalue weighted by Crippen LogP contribution is -2.34. The van der Waals surface area contributed by atoms with Crippen LogP contribution >= 0.6 is 0 Å². The highest BCUT2D eigenvalue weighted by Crippen LogP contribution is 2.21. The molecule has 1 fully saturated rings. The third kappa shape index (κ3) is 4.63. The lowest BCUT2D eigenvalue weighted by molar-refractivity contribution is 0.414. The highest BCUT2D eigenvalue weighted by molar-refractivity contribution is 7.91. The Labute approximate surface area is 154 Å². The largest absolute Gasteiger partial charge is 0.497 e. The number of benzene rings is 1. The molecule has 3 rings (SSSR count). The van der Waals surface area contributed by atoms with Crippen LogP contribution in [0.1, 0.15) is 12.0 Å². The van der Waals surface area contributed by atoms with E-state index in [0.29, 0.717) is 12.4 Å². The highest BCUT2D eigenvalue weighted by atomic mass is 32.2. The molecule has 2 heterocycles. The Balaban J connectivity index is 1.58. The minimum absolute atomic E-state index is 0.0629. The van der Waals surface area contributed by atoms with E-state index < -0.39 is 9.84 Å². The second-order valence-electron chi connectivity index (χ2n) is 6.44. The van der Waals surface area contributed by atoms with E-state index in [0.717, 1.165) is 24.5 Å². The maximum absolute atomic E-state index is 11.7. The number of aromatic nitrogens is 2. The van der Waals surface area contributed by atoms with Gasteiger partial charge in [-0.15, -0.1) is 0 Å². The molecule has 1 aromatic heterocycles. The van der Waals surface area contributed by atoms with Gasteiger partial charge in [0.15, 0.2) is 9.84 Å². The van der Waals surface area contributed by atoms with Crippen molar-refractivity contribution in [3.8, 4) is 5.75 Å². The van der Waals surface area contributed by atoms with E-state index in [2.05, 4.69) is 21.4 Å². The molecule has 2 aromatic rings. The lowest BCUT2D eigenvalue weighted by Gasteiger charge is -2.23. The van der Waals surface area contributed by atoms with Gasteiger partial charge in [0.05, 0.1) is 18.6 Å². The smallest absolute Gasteiger partial charge is 0.227 e. The number of anilines is 2. The fourth-order valence-electron chi connectivity index (χ4n) is 3.02. The fourth-order valence-corrected chi connectivity index (χ4v) is 4.80. The van der Waals surface area contributed by atoms with Crippen LogP contribution in [-0.4, -0.2) is 56.6 Å². The Morgan fingerprint density at radius 2 is 2.19 bits per heavy atom. The van der Waals surface area contributed by atoms with E-state index in [1.54, 1.807) is 13.3 Å². The third-order valence-corrected chi connectivity index (χ3v) is 6.32. The zero-order valence-electron chi connectivity index (χ0n) is 15.1. The van der Waals surface area contributed by atoms with E-state index >= 15 is 0 Å².